The molecule has 0 unspecified atom stereocenters. The minimum absolute atomic E-state index is 0.0978. The lowest BCUT2D eigenvalue weighted by atomic mass is 9.67. The van der Waals surface area contributed by atoms with Crippen molar-refractivity contribution in [1.82, 2.24) is 0 Å². The predicted octanol–water partition coefficient (Wildman–Crippen LogP) is 6.24. The van der Waals surface area contributed by atoms with E-state index in [1.54, 1.807) is 0 Å². The van der Waals surface area contributed by atoms with E-state index in [2.05, 4.69) is 25.5 Å². The van der Waals surface area contributed by atoms with Crippen molar-refractivity contribution in [2.75, 3.05) is 4.72 Å². The molecule has 1 aliphatic heterocycles. The predicted molar refractivity (Wildman–Crippen MR) is 132 cm³/mol. The van der Waals surface area contributed by atoms with Crippen LogP contribution in [0.2, 0.25) is 0 Å². The number of nitrogens with zero attached hydrogens (tertiary/aromatic N) is 1. The summed E-state index contributed by atoms with van der Waals surface area (Å²) in [6, 6.07) is 14.6. The lowest BCUT2D eigenvalue weighted by Crippen LogP contribution is -2.33. The van der Waals surface area contributed by atoms with Gasteiger partial charge in [0, 0.05) is 34.4 Å². The smallest absolute Gasteiger partial charge is 0.270 e. The van der Waals surface area contributed by atoms with E-state index < -0.39 is 14.9 Å². The summed E-state index contributed by atoms with van der Waals surface area (Å²) in [7, 11) is -4.04. The first-order valence-electron chi connectivity index (χ1n) is 11.5. The van der Waals surface area contributed by atoms with E-state index in [1.165, 1.54) is 18.2 Å². The molecule has 8 heteroatoms. The Morgan fingerprint density at radius 1 is 1.03 bits per heavy atom. The Morgan fingerprint density at radius 2 is 1.76 bits per heavy atom. The molecule has 3 atom stereocenters. The molecule has 7 nitrogen and oxygen atoms in total. The van der Waals surface area contributed by atoms with Gasteiger partial charge in [0.1, 0.15) is 11.9 Å². The molecule has 1 N–H and O–H groups in total. The molecule has 1 saturated carbocycles. The van der Waals surface area contributed by atoms with Crippen molar-refractivity contribution in [3.05, 3.63) is 70.3 Å². The standard InChI is InChI=1S/C26H28N2O5S/c1-26(2,3)16-11-12-24-21(13-16)22-15-23(19-9-4-5-10-20(19)25(22)33-24)27-34(31,32)18-8-6-7-17(14-18)28(29)30/h4-10,14-16,21,24,27H,11-13H2,1-3H3/t16-,21-,24-/m1/s1. The van der Waals surface area contributed by atoms with Crippen LogP contribution in [0.15, 0.2) is 59.5 Å². The quantitative estimate of drug-likeness (QED) is 0.352. The number of rotatable bonds is 4. The second-order valence-electron chi connectivity index (χ2n) is 10.4. The van der Waals surface area contributed by atoms with Crippen LogP contribution in [0.25, 0.3) is 10.8 Å². The van der Waals surface area contributed by atoms with Gasteiger partial charge in [-0.05, 0) is 42.7 Å². The highest BCUT2D eigenvalue weighted by Crippen LogP contribution is 2.54. The number of nitro groups is 1. The van der Waals surface area contributed by atoms with Crippen LogP contribution in [0.4, 0.5) is 11.4 Å². The summed E-state index contributed by atoms with van der Waals surface area (Å²) in [6.45, 7) is 6.81. The van der Waals surface area contributed by atoms with Crippen LogP contribution in [-0.2, 0) is 10.0 Å². The van der Waals surface area contributed by atoms with Crippen LogP contribution in [0.1, 0.15) is 51.5 Å². The lowest BCUT2D eigenvalue weighted by molar-refractivity contribution is -0.385. The zero-order valence-corrected chi connectivity index (χ0v) is 20.3. The number of anilines is 1. The van der Waals surface area contributed by atoms with Crippen molar-refractivity contribution in [3.8, 4) is 5.75 Å². The molecule has 34 heavy (non-hydrogen) atoms. The van der Waals surface area contributed by atoms with Gasteiger partial charge in [-0.2, -0.15) is 0 Å². The van der Waals surface area contributed by atoms with Gasteiger partial charge >= 0.3 is 0 Å². The van der Waals surface area contributed by atoms with E-state index in [4.69, 9.17) is 4.74 Å². The van der Waals surface area contributed by atoms with E-state index in [1.807, 2.05) is 30.3 Å². The van der Waals surface area contributed by atoms with E-state index in [0.29, 0.717) is 11.6 Å². The number of ether oxygens (including phenoxy) is 1. The minimum atomic E-state index is -4.04. The summed E-state index contributed by atoms with van der Waals surface area (Å²) in [6.07, 6.45) is 3.18. The number of nitrogens with one attached hydrogen (secondary N) is 1. The number of benzene rings is 3. The Hall–Kier alpha value is -3.13. The molecule has 0 radical (unpaired) electrons. The number of nitro benzene ring substituents is 1. The Morgan fingerprint density at radius 3 is 2.47 bits per heavy atom. The van der Waals surface area contributed by atoms with Crippen molar-refractivity contribution >= 4 is 32.2 Å². The number of hydrogen-bond donors (Lipinski definition) is 1. The molecule has 1 heterocycles. The molecule has 1 aliphatic carbocycles. The fourth-order valence-corrected chi connectivity index (χ4v) is 6.49. The molecule has 178 valence electrons. The fourth-order valence-electron chi connectivity index (χ4n) is 5.38. The molecule has 1 fully saturated rings. The van der Waals surface area contributed by atoms with Crippen LogP contribution in [0, 0.1) is 21.4 Å². The van der Waals surface area contributed by atoms with Crippen LogP contribution in [0.5, 0.6) is 5.75 Å². The van der Waals surface area contributed by atoms with Crippen LogP contribution < -0.4 is 9.46 Å². The summed E-state index contributed by atoms with van der Waals surface area (Å²) in [4.78, 5) is 10.4. The first kappa shape index (κ1) is 22.7. The molecule has 5 rings (SSSR count). The first-order chi connectivity index (χ1) is 16.0. The molecule has 2 aliphatic rings. The topological polar surface area (TPSA) is 98.5 Å². The summed E-state index contributed by atoms with van der Waals surface area (Å²) in [5.41, 5.74) is 1.42. The lowest BCUT2D eigenvalue weighted by Gasteiger charge is -2.38. The molecule has 3 aromatic carbocycles. The van der Waals surface area contributed by atoms with Gasteiger partial charge in [0.05, 0.1) is 15.5 Å². The summed E-state index contributed by atoms with van der Waals surface area (Å²) >= 11 is 0. The van der Waals surface area contributed by atoms with E-state index >= 15 is 0 Å². The highest BCUT2D eigenvalue weighted by molar-refractivity contribution is 7.92. The van der Waals surface area contributed by atoms with Gasteiger partial charge in [0.2, 0.25) is 0 Å². The van der Waals surface area contributed by atoms with Crippen LogP contribution in [-0.4, -0.2) is 19.4 Å². The summed E-state index contributed by atoms with van der Waals surface area (Å²) in [5, 5.41) is 12.8. The third kappa shape index (κ3) is 3.90. The molecular formula is C26H28N2O5S. The van der Waals surface area contributed by atoms with Gasteiger partial charge in [0.25, 0.3) is 15.7 Å². The second-order valence-corrected chi connectivity index (χ2v) is 12.1. The highest BCUT2D eigenvalue weighted by atomic mass is 32.2. The zero-order chi connectivity index (χ0) is 24.3. The molecule has 0 amide bonds. The van der Waals surface area contributed by atoms with Crippen molar-refractivity contribution < 1.29 is 18.1 Å². The third-order valence-electron chi connectivity index (χ3n) is 7.29. The highest BCUT2D eigenvalue weighted by Gasteiger charge is 2.43. The zero-order valence-electron chi connectivity index (χ0n) is 19.4. The van der Waals surface area contributed by atoms with Crippen LogP contribution in [0.3, 0.4) is 0 Å². The molecule has 0 aromatic heterocycles. The number of sulfonamides is 1. The minimum Gasteiger partial charge on any atom is -0.489 e. The van der Waals surface area contributed by atoms with Crippen LogP contribution >= 0.6 is 0 Å². The van der Waals surface area contributed by atoms with Gasteiger partial charge in [-0.15, -0.1) is 0 Å². The maximum absolute atomic E-state index is 13.2. The van der Waals surface area contributed by atoms with Crippen molar-refractivity contribution in [1.29, 1.82) is 0 Å². The Kier molecular flexibility index (Phi) is 5.31. The number of hydrogen-bond acceptors (Lipinski definition) is 5. The average Bonchev–Trinajstić information content (AvgIpc) is 3.16. The normalized spacial score (nSPS) is 22.0. The second kappa shape index (κ2) is 7.98. The van der Waals surface area contributed by atoms with Gasteiger partial charge in [-0.1, -0.05) is 51.1 Å². The largest absolute Gasteiger partial charge is 0.489 e. The maximum atomic E-state index is 13.2. The van der Waals surface area contributed by atoms with Crippen molar-refractivity contribution in [2.45, 2.75) is 57.0 Å². The molecule has 0 spiro atoms. The number of fused-ring (bicyclic) bond motifs is 5. The van der Waals surface area contributed by atoms with Crippen molar-refractivity contribution in [2.24, 2.45) is 11.3 Å². The monoisotopic (exact) mass is 480 g/mol. The van der Waals surface area contributed by atoms with Gasteiger partial charge in [-0.25, -0.2) is 8.42 Å². The molecular weight excluding hydrogens is 452 g/mol. The van der Waals surface area contributed by atoms with E-state index in [-0.39, 0.29) is 28.0 Å². The van der Waals surface area contributed by atoms with E-state index in [0.717, 1.165) is 47.4 Å². The van der Waals surface area contributed by atoms with Gasteiger partial charge in [0.15, 0.2) is 0 Å². The maximum Gasteiger partial charge on any atom is 0.270 e. The Balaban J connectivity index is 1.58. The molecule has 0 bridgehead atoms. The summed E-state index contributed by atoms with van der Waals surface area (Å²) < 4.78 is 35.6. The fraction of sp³-hybridized carbons (Fsp3) is 0.385. The van der Waals surface area contributed by atoms with Crippen molar-refractivity contribution in [3.63, 3.8) is 0 Å². The molecule has 3 aromatic rings. The number of non-ortho nitro benzene ring substituents is 1. The Bertz CT molecular complexity index is 1390. The SMILES string of the molecule is CC(C)(C)[C@@H]1CC[C@H]2Oc3c(cc(NS(=O)(=O)c4cccc([N+](=O)[O-])c4)c4ccccc34)[C@H]2C1. The third-order valence-corrected chi connectivity index (χ3v) is 8.65. The summed E-state index contributed by atoms with van der Waals surface area (Å²) in [5.74, 6) is 1.61. The average molecular weight is 481 g/mol. The Labute approximate surface area is 199 Å². The molecule has 0 saturated heterocycles. The first-order valence-corrected chi connectivity index (χ1v) is 13.0. The van der Waals surface area contributed by atoms with E-state index in [9.17, 15) is 18.5 Å². The van der Waals surface area contributed by atoms with Gasteiger partial charge in [-0.3, -0.25) is 14.8 Å². The van der Waals surface area contributed by atoms with Gasteiger partial charge < -0.3 is 4.74 Å².